The molecule has 0 bridgehead atoms. The molecule has 0 aliphatic heterocycles. The average Bonchev–Trinajstić information content (AvgIpc) is 2.34. The van der Waals surface area contributed by atoms with Gasteiger partial charge in [0, 0.05) is 6.42 Å². The molecule has 2 nitrogen and oxygen atoms in total. The SMILES string of the molecule is CCC(=O)OCC(C)CCCCCC(C)CC. The Kier molecular flexibility index (Phi) is 10.3. The highest BCUT2D eigenvalue weighted by Gasteiger charge is 2.06. The fourth-order valence-electron chi connectivity index (χ4n) is 1.79. The molecule has 0 spiro atoms. The van der Waals surface area contributed by atoms with Crippen LogP contribution in [0, 0.1) is 11.8 Å². The number of carbonyl (C=O) groups excluding carboxylic acids is 1. The first-order valence-electron chi connectivity index (χ1n) is 7.25. The molecule has 2 unspecified atom stereocenters. The van der Waals surface area contributed by atoms with Crippen LogP contribution in [-0.2, 0) is 9.53 Å². The molecule has 2 atom stereocenters. The maximum atomic E-state index is 11.0. The van der Waals surface area contributed by atoms with E-state index in [9.17, 15) is 4.79 Å². The van der Waals surface area contributed by atoms with Gasteiger partial charge in [-0.1, -0.05) is 59.8 Å². The second-order valence-corrected chi connectivity index (χ2v) is 5.29. The molecular formula is C15H30O2. The first-order valence-corrected chi connectivity index (χ1v) is 7.25. The number of esters is 1. The van der Waals surface area contributed by atoms with Crippen LogP contribution in [0.15, 0.2) is 0 Å². The lowest BCUT2D eigenvalue weighted by Crippen LogP contribution is -2.10. The molecule has 0 aromatic heterocycles. The summed E-state index contributed by atoms with van der Waals surface area (Å²) in [6.45, 7) is 9.18. The van der Waals surface area contributed by atoms with Crippen molar-refractivity contribution in [1.82, 2.24) is 0 Å². The molecule has 0 saturated heterocycles. The molecule has 2 heteroatoms. The predicted molar refractivity (Wildman–Crippen MR) is 73.0 cm³/mol. The standard InChI is InChI=1S/C15H30O2/c1-5-13(3)10-8-7-9-11-14(4)12-17-15(16)6-2/h13-14H,5-12H2,1-4H3. The average molecular weight is 242 g/mol. The lowest BCUT2D eigenvalue weighted by atomic mass is 9.98. The van der Waals surface area contributed by atoms with Crippen LogP contribution in [0.25, 0.3) is 0 Å². The second kappa shape index (κ2) is 10.6. The lowest BCUT2D eigenvalue weighted by molar-refractivity contribution is -0.144. The number of carbonyl (C=O) groups is 1. The van der Waals surface area contributed by atoms with Crippen molar-refractivity contribution < 1.29 is 9.53 Å². The minimum Gasteiger partial charge on any atom is -0.465 e. The van der Waals surface area contributed by atoms with E-state index >= 15 is 0 Å². The summed E-state index contributed by atoms with van der Waals surface area (Å²) in [6.07, 6.45) is 8.24. The minimum absolute atomic E-state index is 0.0754. The Morgan fingerprint density at radius 1 is 1.00 bits per heavy atom. The molecule has 0 radical (unpaired) electrons. The van der Waals surface area contributed by atoms with Gasteiger partial charge in [-0.05, 0) is 18.3 Å². The van der Waals surface area contributed by atoms with Crippen LogP contribution in [0.2, 0.25) is 0 Å². The Labute approximate surface area is 107 Å². The molecule has 0 fully saturated rings. The smallest absolute Gasteiger partial charge is 0.305 e. The molecule has 17 heavy (non-hydrogen) atoms. The summed E-state index contributed by atoms with van der Waals surface area (Å²) in [5, 5.41) is 0. The van der Waals surface area contributed by atoms with Crippen molar-refractivity contribution in [3.63, 3.8) is 0 Å². The van der Waals surface area contributed by atoms with Crippen LogP contribution in [0.3, 0.4) is 0 Å². The van der Waals surface area contributed by atoms with Gasteiger partial charge in [0.1, 0.15) is 0 Å². The zero-order chi connectivity index (χ0) is 13.1. The zero-order valence-electron chi connectivity index (χ0n) is 12.1. The van der Waals surface area contributed by atoms with E-state index < -0.39 is 0 Å². The second-order valence-electron chi connectivity index (χ2n) is 5.29. The number of rotatable bonds is 10. The Balaban J connectivity index is 3.33. The molecule has 102 valence electrons. The van der Waals surface area contributed by atoms with Gasteiger partial charge in [0.05, 0.1) is 6.61 Å². The third-order valence-corrected chi connectivity index (χ3v) is 3.41. The largest absolute Gasteiger partial charge is 0.465 e. The Morgan fingerprint density at radius 3 is 2.12 bits per heavy atom. The molecular weight excluding hydrogens is 212 g/mol. The van der Waals surface area contributed by atoms with Gasteiger partial charge < -0.3 is 4.74 Å². The van der Waals surface area contributed by atoms with Crippen LogP contribution in [-0.4, -0.2) is 12.6 Å². The van der Waals surface area contributed by atoms with Crippen LogP contribution >= 0.6 is 0 Å². The van der Waals surface area contributed by atoms with Gasteiger partial charge in [-0.2, -0.15) is 0 Å². The Morgan fingerprint density at radius 2 is 1.59 bits per heavy atom. The van der Waals surface area contributed by atoms with Crippen molar-refractivity contribution in [2.24, 2.45) is 11.8 Å². The molecule has 0 aliphatic carbocycles. The lowest BCUT2D eigenvalue weighted by Gasteiger charge is -2.12. The monoisotopic (exact) mass is 242 g/mol. The summed E-state index contributed by atoms with van der Waals surface area (Å²) in [5.74, 6) is 1.31. The van der Waals surface area contributed by atoms with E-state index in [1.807, 2.05) is 6.92 Å². The van der Waals surface area contributed by atoms with Crippen LogP contribution in [0.1, 0.15) is 72.6 Å². The van der Waals surface area contributed by atoms with Gasteiger partial charge in [-0.3, -0.25) is 4.79 Å². The first-order chi connectivity index (χ1) is 8.10. The van der Waals surface area contributed by atoms with Gasteiger partial charge in [0.2, 0.25) is 0 Å². The van der Waals surface area contributed by atoms with E-state index in [0.29, 0.717) is 18.9 Å². The molecule has 0 rings (SSSR count). The zero-order valence-corrected chi connectivity index (χ0v) is 12.1. The van der Waals surface area contributed by atoms with E-state index in [1.165, 1.54) is 38.5 Å². The highest BCUT2D eigenvalue weighted by atomic mass is 16.5. The van der Waals surface area contributed by atoms with E-state index in [1.54, 1.807) is 0 Å². The van der Waals surface area contributed by atoms with Crippen molar-refractivity contribution in [3.05, 3.63) is 0 Å². The summed E-state index contributed by atoms with van der Waals surface area (Å²) in [5.41, 5.74) is 0. The molecule has 0 saturated carbocycles. The van der Waals surface area contributed by atoms with Gasteiger partial charge in [0.15, 0.2) is 0 Å². The summed E-state index contributed by atoms with van der Waals surface area (Å²) in [4.78, 5) is 11.0. The van der Waals surface area contributed by atoms with Crippen molar-refractivity contribution in [1.29, 1.82) is 0 Å². The molecule has 0 amide bonds. The van der Waals surface area contributed by atoms with Gasteiger partial charge in [-0.15, -0.1) is 0 Å². The summed E-state index contributed by atoms with van der Waals surface area (Å²) in [7, 11) is 0. The highest BCUT2D eigenvalue weighted by molar-refractivity contribution is 5.68. The van der Waals surface area contributed by atoms with Crippen molar-refractivity contribution >= 4 is 5.97 Å². The van der Waals surface area contributed by atoms with Gasteiger partial charge in [0.25, 0.3) is 0 Å². The van der Waals surface area contributed by atoms with Gasteiger partial charge in [-0.25, -0.2) is 0 Å². The van der Waals surface area contributed by atoms with Gasteiger partial charge >= 0.3 is 5.97 Å². The quantitative estimate of drug-likeness (QED) is 0.414. The maximum absolute atomic E-state index is 11.0. The molecule has 0 heterocycles. The van der Waals surface area contributed by atoms with Crippen molar-refractivity contribution in [2.75, 3.05) is 6.61 Å². The third-order valence-electron chi connectivity index (χ3n) is 3.41. The topological polar surface area (TPSA) is 26.3 Å². The minimum atomic E-state index is -0.0754. The molecule has 0 N–H and O–H groups in total. The first kappa shape index (κ1) is 16.5. The van der Waals surface area contributed by atoms with Crippen molar-refractivity contribution in [2.45, 2.75) is 72.6 Å². The van der Waals surface area contributed by atoms with E-state index in [-0.39, 0.29) is 5.97 Å². The number of unbranched alkanes of at least 4 members (excludes halogenated alkanes) is 2. The fourth-order valence-corrected chi connectivity index (χ4v) is 1.79. The van der Waals surface area contributed by atoms with E-state index in [4.69, 9.17) is 4.74 Å². The van der Waals surface area contributed by atoms with E-state index in [2.05, 4.69) is 20.8 Å². The maximum Gasteiger partial charge on any atom is 0.305 e. The van der Waals surface area contributed by atoms with Crippen LogP contribution in [0.5, 0.6) is 0 Å². The highest BCUT2D eigenvalue weighted by Crippen LogP contribution is 2.15. The third kappa shape index (κ3) is 10.3. The normalized spacial score (nSPS) is 14.4. The Hall–Kier alpha value is -0.530. The predicted octanol–water partition coefficient (Wildman–Crippen LogP) is 4.57. The Bertz CT molecular complexity index is 189. The summed E-state index contributed by atoms with van der Waals surface area (Å²) >= 11 is 0. The summed E-state index contributed by atoms with van der Waals surface area (Å²) in [6, 6.07) is 0. The van der Waals surface area contributed by atoms with Crippen molar-refractivity contribution in [3.8, 4) is 0 Å². The summed E-state index contributed by atoms with van der Waals surface area (Å²) < 4.78 is 5.13. The number of ether oxygens (including phenoxy) is 1. The van der Waals surface area contributed by atoms with E-state index in [0.717, 1.165) is 5.92 Å². The molecule has 0 aromatic carbocycles. The fraction of sp³-hybridized carbons (Fsp3) is 0.933. The number of hydrogen-bond acceptors (Lipinski definition) is 2. The van der Waals surface area contributed by atoms with Crippen LogP contribution < -0.4 is 0 Å². The molecule has 0 aromatic rings. The molecule has 0 aliphatic rings. The number of hydrogen-bond donors (Lipinski definition) is 0. The van der Waals surface area contributed by atoms with Crippen LogP contribution in [0.4, 0.5) is 0 Å².